The van der Waals surface area contributed by atoms with Crippen LogP contribution in [0.3, 0.4) is 0 Å². The average Bonchev–Trinajstić information content (AvgIpc) is 2.77. The van der Waals surface area contributed by atoms with Gasteiger partial charge in [-0.25, -0.2) is 4.79 Å². The molecule has 0 amide bonds. The molecule has 0 atom stereocenters. The first-order valence-corrected chi connectivity index (χ1v) is 9.39. The highest BCUT2D eigenvalue weighted by molar-refractivity contribution is 6.31. The lowest BCUT2D eigenvalue weighted by atomic mass is 10.0. The molecule has 3 aromatic carbocycles. The van der Waals surface area contributed by atoms with Gasteiger partial charge in [-0.05, 0) is 47.5 Å². The first kappa shape index (κ1) is 21.0. The lowest BCUT2D eigenvalue weighted by molar-refractivity contribution is 0.0697. The minimum Gasteiger partial charge on any atom is -0.493 e. The highest BCUT2D eigenvalue weighted by atomic mass is 35.5. The van der Waals surface area contributed by atoms with Crippen molar-refractivity contribution in [1.29, 1.82) is 5.26 Å². The van der Waals surface area contributed by atoms with Crippen molar-refractivity contribution in [3.8, 4) is 17.6 Å². The van der Waals surface area contributed by atoms with Crippen molar-refractivity contribution in [2.24, 2.45) is 0 Å². The summed E-state index contributed by atoms with van der Waals surface area (Å²) >= 11 is 6.17. The van der Waals surface area contributed by atoms with E-state index in [1.807, 2.05) is 24.3 Å². The van der Waals surface area contributed by atoms with Crippen LogP contribution in [-0.4, -0.2) is 18.2 Å². The summed E-state index contributed by atoms with van der Waals surface area (Å²) in [5, 5.41) is 19.2. The normalized spacial score (nSPS) is 10.9. The molecule has 3 rings (SSSR count). The van der Waals surface area contributed by atoms with Crippen LogP contribution in [0.15, 0.2) is 66.7 Å². The van der Waals surface area contributed by atoms with E-state index >= 15 is 0 Å². The number of hydrogen-bond acceptors (Lipinski definition) is 4. The number of nitriles is 1. The molecule has 6 heteroatoms. The van der Waals surface area contributed by atoms with Gasteiger partial charge in [-0.2, -0.15) is 5.26 Å². The van der Waals surface area contributed by atoms with Crippen LogP contribution in [0.5, 0.6) is 11.5 Å². The van der Waals surface area contributed by atoms with Crippen LogP contribution in [0.2, 0.25) is 5.02 Å². The fourth-order valence-corrected chi connectivity index (χ4v) is 2.99. The van der Waals surface area contributed by atoms with Crippen LogP contribution in [0.25, 0.3) is 11.6 Å². The van der Waals surface area contributed by atoms with Gasteiger partial charge in [0.25, 0.3) is 0 Å². The Balaban J connectivity index is 1.83. The molecule has 0 aliphatic rings. The summed E-state index contributed by atoms with van der Waals surface area (Å²) in [6.07, 6.45) is 1.70. The van der Waals surface area contributed by atoms with E-state index < -0.39 is 5.97 Å². The zero-order valence-electron chi connectivity index (χ0n) is 16.1. The monoisotopic (exact) mass is 419 g/mol. The second kappa shape index (κ2) is 9.64. The third kappa shape index (κ3) is 4.99. The van der Waals surface area contributed by atoms with Crippen LogP contribution in [-0.2, 0) is 6.61 Å². The SMILES string of the molecule is COc1cc(C=C(C#N)c2ccc(C(=O)O)cc2)ccc1OCc1ccccc1Cl. The molecule has 0 spiro atoms. The molecule has 0 saturated heterocycles. The Morgan fingerprint density at radius 1 is 1.07 bits per heavy atom. The van der Waals surface area contributed by atoms with Gasteiger partial charge < -0.3 is 14.6 Å². The number of aromatic carboxylic acids is 1. The number of benzene rings is 3. The molecule has 1 N–H and O–H groups in total. The van der Waals surface area contributed by atoms with E-state index in [4.69, 9.17) is 26.2 Å². The Labute approximate surface area is 179 Å². The van der Waals surface area contributed by atoms with Crippen LogP contribution in [0.1, 0.15) is 27.0 Å². The molecule has 5 nitrogen and oxygen atoms in total. The van der Waals surface area contributed by atoms with Crippen molar-refractivity contribution >= 4 is 29.2 Å². The van der Waals surface area contributed by atoms with Gasteiger partial charge in [-0.3, -0.25) is 0 Å². The van der Waals surface area contributed by atoms with Gasteiger partial charge in [0, 0.05) is 10.6 Å². The molecular formula is C24H18ClNO4. The highest BCUT2D eigenvalue weighted by Crippen LogP contribution is 2.31. The van der Waals surface area contributed by atoms with Gasteiger partial charge in [0.1, 0.15) is 6.61 Å². The predicted molar refractivity (Wildman–Crippen MR) is 116 cm³/mol. The molecule has 0 radical (unpaired) electrons. The molecule has 0 aliphatic carbocycles. The summed E-state index contributed by atoms with van der Waals surface area (Å²) in [4.78, 5) is 11.0. The number of allylic oxidation sites excluding steroid dienone is 1. The largest absolute Gasteiger partial charge is 0.493 e. The van der Waals surface area contributed by atoms with E-state index in [2.05, 4.69) is 6.07 Å². The molecule has 0 heterocycles. The van der Waals surface area contributed by atoms with E-state index in [1.165, 1.54) is 12.1 Å². The second-order valence-electron chi connectivity index (χ2n) is 6.34. The van der Waals surface area contributed by atoms with Crippen LogP contribution in [0.4, 0.5) is 0 Å². The number of methoxy groups -OCH3 is 1. The third-order valence-corrected chi connectivity index (χ3v) is 4.77. The van der Waals surface area contributed by atoms with E-state index in [0.717, 1.165) is 11.1 Å². The molecule has 150 valence electrons. The Morgan fingerprint density at radius 2 is 1.77 bits per heavy atom. The van der Waals surface area contributed by atoms with Gasteiger partial charge in [0.05, 0.1) is 24.3 Å². The minimum absolute atomic E-state index is 0.165. The topological polar surface area (TPSA) is 79.5 Å². The lowest BCUT2D eigenvalue weighted by Gasteiger charge is -2.12. The zero-order chi connectivity index (χ0) is 21.5. The zero-order valence-corrected chi connectivity index (χ0v) is 16.9. The first-order chi connectivity index (χ1) is 14.5. The number of carboxylic acid groups (broad SMARTS) is 1. The van der Waals surface area contributed by atoms with E-state index in [1.54, 1.807) is 43.5 Å². The maximum atomic E-state index is 11.0. The average molecular weight is 420 g/mol. The molecule has 30 heavy (non-hydrogen) atoms. The Kier molecular flexibility index (Phi) is 6.74. The molecule has 0 saturated carbocycles. The van der Waals surface area contributed by atoms with Crippen molar-refractivity contribution in [3.63, 3.8) is 0 Å². The van der Waals surface area contributed by atoms with Gasteiger partial charge >= 0.3 is 5.97 Å². The van der Waals surface area contributed by atoms with E-state index in [0.29, 0.717) is 34.3 Å². The molecule has 0 fully saturated rings. The number of carboxylic acids is 1. The van der Waals surface area contributed by atoms with Crippen LogP contribution in [0, 0.1) is 11.3 Å². The van der Waals surface area contributed by atoms with Crippen molar-refractivity contribution in [2.45, 2.75) is 6.61 Å². The number of hydrogen-bond donors (Lipinski definition) is 1. The Morgan fingerprint density at radius 3 is 2.40 bits per heavy atom. The quantitative estimate of drug-likeness (QED) is 0.393. The lowest BCUT2D eigenvalue weighted by Crippen LogP contribution is -1.98. The second-order valence-corrected chi connectivity index (χ2v) is 6.75. The molecule has 0 bridgehead atoms. The molecule has 0 unspecified atom stereocenters. The van der Waals surface area contributed by atoms with Crippen LogP contribution < -0.4 is 9.47 Å². The summed E-state index contributed by atoms with van der Waals surface area (Å²) in [5.74, 6) is 0.0642. The molecule has 0 aliphatic heterocycles. The van der Waals surface area contributed by atoms with Crippen molar-refractivity contribution in [1.82, 2.24) is 0 Å². The molecule has 3 aromatic rings. The smallest absolute Gasteiger partial charge is 0.335 e. The number of carbonyl (C=O) groups is 1. The van der Waals surface area contributed by atoms with Crippen LogP contribution >= 0.6 is 11.6 Å². The van der Waals surface area contributed by atoms with E-state index in [-0.39, 0.29) is 5.56 Å². The number of halogens is 1. The van der Waals surface area contributed by atoms with Gasteiger partial charge in [-0.15, -0.1) is 0 Å². The maximum Gasteiger partial charge on any atom is 0.335 e. The van der Waals surface area contributed by atoms with Crippen molar-refractivity contribution in [2.75, 3.05) is 7.11 Å². The van der Waals surface area contributed by atoms with Gasteiger partial charge in [0.2, 0.25) is 0 Å². The summed E-state index contributed by atoms with van der Waals surface area (Å²) in [5.41, 5.74) is 2.80. The van der Waals surface area contributed by atoms with Gasteiger partial charge in [0.15, 0.2) is 11.5 Å². The maximum absolute atomic E-state index is 11.0. The summed E-state index contributed by atoms with van der Waals surface area (Å²) in [7, 11) is 1.54. The summed E-state index contributed by atoms with van der Waals surface area (Å²) in [6, 6.07) is 21.1. The minimum atomic E-state index is -1.01. The Bertz CT molecular complexity index is 1130. The Hall–Kier alpha value is -3.75. The summed E-state index contributed by atoms with van der Waals surface area (Å²) < 4.78 is 11.3. The van der Waals surface area contributed by atoms with Crippen molar-refractivity contribution in [3.05, 3.63) is 94.0 Å². The predicted octanol–water partition coefficient (Wildman–Crippen LogP) is 5.69. The van der Waals surface area contributed by atoms with Gasteiger partial charge in [-0.1, -0.05) is 48.0 Å². The fraction of sp³-hybridized carbons (Fsp3) is 0.0833. The number of ether oxygens (including phenoxy) is 2. The van der Waals surface area contributed by atoms with E-state index in [9.17, 15) is 10.1 Å². The number of rotatable bonds is 7. The van der Waals surface area contributed by atoms with Crippen molar-refractivity contribution < 1.29 is 19.4 Å². The summed E-state index contributed by atoms with van der Waals surface area (Å²) in [6.45, 7) is 0.296. The highest BCUT2D eigenvalue weighted by Gasteiger charge is 2.09. The number of nitrogens with zero attached hydrogens (tertiary/aromatic N) is 1. The standard InChI is InChI=1S/C24H18ClNO4/c1-29-23-13-16(6-11-22(23)30-15-19-4-2-3-5-21(19)25)12-20(14-26)17-7-9-18(10-8-17)24(27)28/h2-13H,15H2,1H3,(H,27,28). The third-order valence-electron chi connectivity index (χ3n) is 4.40. The fourth-order valence-electron chi connectivity index (χ4n) is 2.80. The molecule has 0 aromatic heterocycles. The first-order valence-electron chi connectivity index (χ1n) is 9.01. The molecular weight excluding hydrogens is 402 g/mol.